The second-order valence-corrected chi connectivity index (χ2v) is 5.93. The number of carbonyl (C=O) groups is 2. The number of hydrogen-bond donors (Lipinski definition) is 2. The van der Waals surface area contributed by atoms with Gasteiger partial charge in [0.1, 0.15) is 11.5 Å². The summed E-state index contributed by atoms with van der Waals surface area (Å²) in [7, 11) is -3.88. The van der Waals surface area contributed by atoms with Gasteiger partial charge in [0, 0.05) is 13.2 Å². The van der Waals surface area contributed by atoms with Crippen LogP contribution in [0.15, 0.2) is 0 Å². The van der Waals surface area contributed by atoms with Crippen LogP contribution < -0.4 is 5.32 Å². The van der Waals surface area contributed by atoms with Crippen LogP contribution in [0, 0.1) is 0 Å². The molecule has 0 aromatic carbocycles. The maximum Gasteiger partial charge on any atom is 0.318 e. The van der Waals surface area contributed by atoms with E-state index in [1.807, 2.05) is 0 Å². The molecule has 1 amide bonds. The van der Waals surface area contributed by atoms with Crippen molar-refractivity contribution >= 4 is 21.7 Å². The number of carboxylic acid groups (broad SMARTS) is 1. The summed E-state index contributed by atoms with van der Waals surface area (Å²) in [5.74, 6) is -3.98. The molecular weight excluding hydrogens is 250 g/mol. The fourth-order valence-electron chi connectivity index (χ4n) is 1.52. The Bertz CT molecular complexity index is 384. The van der Waals surface area contributed by atoms with Crippen LogP contribution in [0.4, 0.5) is 0 Å². The lowest BCUT2D eigenvalue weighted by Gasteiger charge is -2.10. The largest absolute Gasteiger partial charge is 0.480 e. The molecule has 0 aromatic rings. The Morgan fingerprint density at radius 1 is 1.35 bits per heavy atom. The summed E-state index contributed by atoms with van der Waals surface area (Å²) in [4.78, 5) is 21.5. The number of aliphatic carboxylic acids is 1. The molecule has 0 aliphatic carbocycles. The Morgan fingerprint density at radius 3 is 2.59 bits per heavy atom. The maximum atomic E-state index is 11.3. The van der Waals surface area contributed by atoms with E-state index in [2.05, 4.69) is 5.32 Å². The van der Waals surface area contributed by atoms with Crippen molar-refractivity contribution in [3.8, 4) is 0 Å². The van der Waals surface area contributed by atoms with Crippen molar-refractivity contribution in [1.29, 1.82) is 0 Å². The van der Waals surface area contributed by atoms with E-state index in [0.29, 0.717) is 6.61 Å². The first-order valence-electron chi connectivity index (χ1n) is 5.19. The van der Waals surface area contributed by atoms with Gasteiger partial charge in [-0.3, -0.25) is 9.59 Å². The summed E-state index contributed by atoms with van der Waals surface area (Å²) in [5, 5.41) is 10.8. The summed E-state index contributed by atoms with van der Waals surface area (Å²) in [5.41, 5.74) is 0. The molecule has 0 aromatic heterocycles. The van der Waals surface area contributed by atoms with E-state index in [4.69, 9.17) is 9.84 Å². The van der Waals surface area contributed by atoms with E-state index in [1.54, 1.807) is 0 Å². The number of sulfone groups is 1. The van der Waals surface area contributed by atoms with E-state index in [9.17, 15) is 18.0 Å². The first-order chi connectivity index (χ1) is 7.89. The van der Waals surface area contributed by atoms with E-state index in [0.717, 1.165) is 12.8 Å². The molecular formula is C9H15NO6S. The number of ether oxygens (including phenoxy) is 1. The molecule has 1 heterocycles. The molecule has 1 aliphatic rings. The van der Waals surface area contributed by atoms with Gasteiger partial charge in [0.25, 0.3) is 0 Å². The van der Waals surface area contributed by atoms with E-state index < -0.39 is 33.2 Å². The first kappa shape index (κ1) is 13.9. The average Bonchev–Trinajstić information content (AvgIpc) is 2.63. The topological polar surface area (TPSA) is 110 Å². The van der Waals surface area contributed by atoms with Crippen LogP contribution in [0.5, 0.6) is 0 Å². The zero-order valence-electron chi connectivity index (χ0n) is 9.22. The van der Waals surface area contributed by atoms with Crippen molar-refractivity contribution in [2.45, 2.75) is 18.9 Å². The Balaban J connectivity index is 2.30. The summed E-state index contributed by atoms with van der Waals surface area (Å²) >= 11 is 0. The number of nitrogens with one attached hydrogen (secondary N) is 1. The predicted molar refractivity (Wildman–Crippen MR) is 58.3 cm³/mol. The third kappa shape index (κ3) is 5.64. The average molecular weight is 265 g/mol. The Morgan fingerprint density at radius 2 is 2.06 bits per heavy atom. The van der Waals surface area contributed by atoms with Crippen LogP contribution in [0.2, 0.25) is 0 Å². The third-order valence-electron chi connectivity index (χ3n) is 2.25. The molecule has 98 valence electrons. The number of carbonyl (C=O) groups excluding carboxylic acids is 1. The van der Waals surface area contributed by atoms with E-state index >= 15 is 0 Å². The fraction of sp³-hybridized carbons (Fsp3) is 0.778. The van der Waals surface area contributed by atoms with Crippen LogP contribution >= 0.6 is 0 Å². The lowest BCUT2D eigenvalue weighted by Crippen LogP contribution is -2.37. The summed E-state index contributed by atoms with van der Waals surface area (Å²) in [6.45, 7) is 0.916. The van der Waals surface area contributed by atoms with Crippen LogP contribution in [-0.2, 0) is 24.2 Å². The van der Waals surface area contributed by atoms with Crippen molar-refractivity contribution in [2.75, 3.05) is 24.7 Å². The van der Waals surface area contributed by atoms with Crippen LogP contribution in [-0.4, -0.2) is 56.2 Å². The predicted octanol–water partition coefficient (Wildman–Crippen LogP) is -1.22. The highest BCUT2D eigenvalue weighted by Crippen LogP contribution is 2.10. The van der Waals surface area contributed by atoms with Crippen LogP contribution in [0.3, 0.4) is 0 Å². The summed E-state index contributed by atoms with van der Waals surface area (Å²) in [6, 6.07) is 0. The molecule has 0 saturated carbocycles. The minimum atomic E-state index is -3.88. The van der Waals surface area contributed by atoms with Gasteiger partial charge in [0.05, 0.1) is 6.10 Å². The number of hydrogen-bond acceptors (Lipinski definition) is 5. The molecule has 1 atom stereocenters. The highest BCUT2D eigenvalue weighted by molar-refractivity contribution is 7.92. The van der Waals surface area contributed by atoms with Crippen LogP contribution in [0.25, 0.3) is 0 Å². The quantitative estimate of drug-likeness (QED) is 0.623. The van der Waals surface area contributed by atoms with E-state index in [-0.39, 0.29) is 12.6 Å². The summed E-state index contributed by atoms with van der Waals surface area (Å²) < 4.78 is 27.6. The van der Waals surface area contributed by atoms with Crippen molar-refractivity contribution in [3.05, 3.63) is 0 Å². The fourth-order valence-corrected chi connectivity index (χ4v) is 2.50. The highest BCUT2D eigenvalue weighted by Gasteiger charge is 2.21. The number of carboxylic acids is 1. The maximum absolute atomic E-state index is 11.3. The molecule has 0 unspecified atom stereocenters. The second-order valence-electron chi connectivity index (χ2n) is 3.87. The van der Waals surface area contributed by atoms with Gasteiger partial charge in [-0.25, -0.2) is 8.42 Å². The number of rotatable bonds is 6. The Hall–Kier alpha value is -1.15. The molecule has 0 spiro atoms. The number of amides is 1. The highest BCUT2D eigenvalue weighted by atomic mass is 32.2. The standard InChI is InChI=1S/C9H15NO6S/c11-8(5-17(14,15)6-9(12)13)10-4-7-2-1-3-16-7/h7H,1-6H2,(H,10,11)(H,12,13)/t7-/m1/s1. The molecule has 17 heavy (non-hydrogen) atoms. The SMILES string of the molecule is O=C(O)CS(=O)(=O)CC(=O)NC[C@H]1CCCO1. The van der Waals surface area contributed by atoms with E-state index in [1.165, 1.54) is 0 Å². The van der Waals surface area contributed by atoms with Gasteiger partial charge in [0.15, 0.2) is 9.84 Å². The molecule has 0 bridgehead atoms. The van der Waals surface area contributed by atoms with Crippen molar-refractivity contribution in [2.24, 2.45) is 0 Å². The molecule has 1 fully saturated rings. The Kier molecular flexibility index (Phi) is 4.88. The second kappa shape index (κ2) is 5.97. The molecule has 2 N–H and O–H groups in total. The molecule has 1 saturated heterocycles. The van der Waals surface area contributed by atoms with Crippen LogP contribution in [0.1, 0.15) is 12.8 Å². The van der Waals surface area contributed by atoms with Gasteiger partial charge in [-0.1, -0.05) is 0 Å². The zero-order chi connectivity index (χ0) is 12.9. The minimum Gasteiger partial charge on any atom is -0.480 e. The smallest absolute Gasteiger partial charge is 0.318 e. The van der Waals surface area contributed by atoms with Gasteiger partial charge >= 0.3 is 5.97 Å². The van der Waals surface area contributed by atoms with Gasteiger partial charge in [-0.2, -0.15) is 0 Å². The van der Waals surface area contributed by atoms with Gasteiger partial charge in [0.2, 0.25) is 5.91 Å². The van der Waals surface area contributed by atoms with Gasteiger partial charge in [-0.05, 0) is 12.8 Å². The zero-order valence-corrected chi connectivity index (χ0v) is 10.0. The van der Waals surface area contributed by atoms with Gasteiger partial charge in [-0.15, -0.1) is 0 Å². The van der Waals surface area contributed by atoms with Crippen molar-refractivity contribution < 1.29 is 27.9 Å². The summed E-state index contributed by atoms with van der Waals surface area (Å²) in [6.07, 6.45) is 1.70. The first-order valence-corrected chi connectivity index (χ1v) is 7.02. The lowest BCUT2D eigenvalue weighted by atomic mass is 10.2. The molecule has 7 nitrogen and oxygen atoms in total. The Labute approximate surface area is 99.1 Å². The monoisotopic (exact) mass is 265 g/mol. The third-order valence-corrected chi connectivity index (χ3v) is 3.63. The lowest BCUT2D eigenvalue weighted by molar-refractivity contribution is -0.134. The molecule has 1 aliphatic heterocycles. The van der Waals surface area contributed by atoms with Crippen molar-refractivity contribution in [1.82, 2.24) is 5.32 Å². The minimum absolute atomic E-state index is 0.0684. The van der Waals surface area contributed by atoms with Gasteiger partial charge < -0.3 is 15.2 Å². The molecule has 1 rings (SSSR count). The normalized spacial score (nSPS) is 20.1. The molecule has 8 heteroatoms. The van der Waals surface area contributed by atoms with Crippen molar-refractivity contribution in [3.63, 3.8) is 0 Å². The molecule has 0 radical (unpaired) electrons.